The second kappa shape index (κ2) is 5.91. The highest BCUT2D eigenvalue weighted by Crippen LogP contribution is 2.19. The Morgan fingerprint density at radius 2 is 2.08 bits per heavy atom. The first-order valence-corrected chi connectivity index (χ1v) is 7.61. The van der Waals surface area contributed by atoms with Crippen LogP contribution in [0.4, 0.5) is 0 Å². The molecule has 1 amide bonds. The summed E-state index contributed by atoms with van der Waals surface area (Å²) in [6, 6.07) is -0.318. The summed E-state index contributed by atoms with van der Waals surface area (Å²) in [4.78, 5) is 37.5. The maximum Gasteiger partial charge on any atom is 0.286 e. The molecule has 24 heavy (non-hydrogen) atoms. The lowest BCUT2D eigenvalue weighted by Crippen LogP contribution is -2.37. The molecule has 0 fully saturated rings. The van der Waals surface area contributed by atoms with Gasteiger partial charge >= 0.3 is 0 Å². The Morgan fingerprint density at radius 3 is 2.71 bits per heavy atom. The lowest BCUT2D eigenvalue weighted by Gasteiger charge is -2.21. The summed E-state index contributed by atoms with van der Waals surface area (Å²) < 4.78 is 3.01. The van der Waals surface area contributed by atoms with Gasteiger partial charge in [0.25, 0.3) is 17.2 Å². The number of hydrogen-bond acceptors (Lipinski definition) is 5. The van der Waals surface area contributed by atoms with Crippen molar-refractivity contribution in [2.75, 3.05) is 0 Å². The van der Waals surface area contributed by atoms with Gasteiger partial charge in [-0.25, -0.2) is 9.97 Å². The van der Waals surface area contributed by atoms with Crippen LogP contribution < -0.4 is 10.9 Å². The van der Waals surface area contributed by atoms with Gasteiger partial charge in [-0.1, -0.05) is 13.8 Å². The molecule has 9 nitrogen and oxygen atoms in total. The third kappa shape index (κ3) is 2.68. The number of rotatable bonds is 4. The van der Waals surface area contributed by atoms with Crippen molar-refractivity contribution < 1.29 is 4.79 Å². The van der Waals surface area contributed by atoms with Crippen LogP contribution in [0.1, 0.15) is 41.9 Å². The van der Waals surface area contributed by atoms with Crippen molar-refractivity contribution in [2.24, 2.45) is 13.0 Å². The molecule has 1 atom stereocenters. The van der Waals surface area contributed by atoms with Gasteiger partial charge in [0.1, 0.15) is 17.2 Å². The Morgan fingerprint density at radius 1 is 1.33 bits per heavy atom. The van der Waals surface area contributed by atoms with Gasteiger partial charge in [0.05, 0.1) is 6.04 Å². The summed E-state index contributed by atoms with van der Waals surface area (Å²) in [5.41, 5.74) is -0.531. The first-order valence-electron chi connectivity index (χ1n) is 7.61. The Bertz CT molecular complexity index is 950. The van der Waals surface area contributed by atoms with E-state index in [0.29, 0.717) is 5.82 Å². The van der Waals surface area contributed by atoms with Gasteiger partial charge in [-0.2, -0.15) is 9.50 Å². The van der Waals surface area contributed by atoms with Crippen LogP contribution in [0.5, 0.6) is 0 Å². The Balaban J connectivity index is 1.95. The third-order valence-electron chi connectivity index (χ3n) is 3.82. The molecule has 0 unspecified atom stereocenters. The number of nitrogens with one attached hydrogen (secondary N) is 2. The van der Waals surface area contributed by atoms with E-state index in [2.05, 4.69) is 25.4 Å². The number of amides is 1. The maximum atomic E-state index is 12.6. The first kappa shape index (κ1) is 15.9. The van der Waals surface area contributed by atoms with Crippen molar-refractivity contribution >= 4 is 11.7 Å². The number of nitrogens with zero attached hydrogens (tertiary/aromatic N) is 5. The molecule has 0 saturated carbocycles. The van der Waals surface area contributed by atoms with Crippen LogP contribution in [0, 0.1) is 12.8 Å². The highest BCUT2D eigenvalue weighted by Gasteiger charge is 2.24. The van der Waals surface area contributed by atoms with Crippen molar-refractivity contribution in [3.63, 3.8) is 0 Å². The highest BCUT2D eigenvalue weighted by molar-refractivity contribution is 5.93. The summed E-state index contributed by atoms with van der Waals surface area (Å²) in [5.74, 6) is 1.12. The fourth-order valence-corrected chi connectivity index (χ4v) is 2.54. The van der Waals surface area contributed by atoms with Crippen LogP contribution in [0.25, 0.3) is 5.78 Å². The molecule has 3 aromatic rings. The van der Waals surface area contributed by atoms with E-state index in [1.54, 1.807) is 13.1 Å². The lowest BCUT2D eigenvalue weighted by molar-refractivity contribution is 0.0920. The minimum atomic E-state index is -0.490. The van der Waals surface area contributed by atoms with Gasteiger partial charge in [-0.05, 0) is 12.8 Å². The number of carbonyl (C=O) groups excluding carboxylic acids is 1. The molecule has 0 radical (unpaired) electrons. The van der Waals surface area contributed by atoms with Crippen molar-refractivity contribution in [1.29, 1.82) is 0 Å². The number of aromatic amines is 1. The van der Waals surface area contributed by atoms with Crippen LogP contribution in [0.15, 0.2) is 23.4 Å². The number of hydrogen-bond donors (Lipinski definition) is 2. The Kier molecular flexibility index (Phi) is 3.92. The smallest absolute Gasteiger partial charge is 0.286 e. The monoisotopic (exact) mass is 329 g/mol. The molecule has 0 aliphatic rings. The Labute approximate surface area is 137 Å². The van der Waals surface area contributed by atoms with E-state index in [0.717, 1.165) is 10.3 Å². The van der Waals surface area contributed by atoms with Gasteiger partial charge < -0.3 is 9.88 Å². The average molecular weight is 329 g/mol. The zero-order valence-corrected chi connectivity index (χ0v) is 13.9. The van der Waals surface area contributed by atoms with E-state index in [1.165, 1.54) is 6.20 Å². The van der Waals surface area contributed by atoms with Gasteiger partial charge in [0.2, 0.25) is 0 Å². The summed E-state index contributed by atoms with van der Waals surface area (Å²) in [6.45, 7) is 5.67. The third-order valence-corrected chi connectivity index (χ3v) is 3.82. The van der Waals surface area contributed by atoms with Crippen LogP contribution >= 0.6 is 0 Å². The molecule has 0 aliphatic heterocycles. The predicted molar refractivity (Wildman–Crippen MR) is 86.6 cm³/mol. The summed E-state index contributed by atoms with van der Waals surface area (Å²) in [5, 5.41) is 5.65. The zero-order valence-electron chi connectivity index (χ0n) is 13.9. The second-order valence-electron chi connectivity index (χ2n) is 6.01. The van der Waals surface area contributed by atoms with Crippen molar-refractivity contribution in [3.8, 4) is 0 Å². The number of imidazole rings is 1. The molecule has 0 aliphatic carbocycles. The van der Waals surface area contributed by atoms with E-state index in [4.69, 9.17) is 0 Å². The molecule has 3 heterocycles. The normalized spacial score (nSPS) is 12.7. The molecule has 0 spiro atoms. The molecule has 2 N–H and O–H groups in total. The predicted octanol–water partition coefficient (Wildman–Crippen LogP) is 0.587. The summed E-state index contributed by atoms with van der Waals surface area (Å²) >= 11 is 0. The van der Waals surface area contributed by atoms with Gasteiger partial charge in [0, 0.05) is 25.6 Å². The number of aryl methyl sites for hydroxylation is 2. The van der Waals surface area contributed by atoms with Crippen molar-refractivity contribution in [2.45, 2.75) is 26.8 Å². The first-order chi connectivity index (χ1) is 11.4. The number of carbonyl (C=O) groups is 1. The molecule has 9 heteroatoms. The fourth-order valence-electron chi connectivity index (χ4n) is 2.54. The topological polar surface area (TPSA) is 110 Å². The SMILES string of the molecule is Cc1nc2ncc(C(=O)N[C@@H](c3nccn3C)C(C)C)c(=O)n2[nH]1. The van der Waals surface area contributed by atoms with Gasteiger partial charge in [0.15, 0.2) is 0 Å². The lowest BCUT2D eigenvalue weighted by atomic mass is 10.0. The van der Waals surface area contributed by atoms with Gasteiger partial charge in [-0.3, -0.25) is 14.7 Å². The van der Waals surface area contributed by atoms with E-state index in [9.17, 15) is 9.59 Å². The molecule has 126 valence electrons. The number of fused-ring (bicyclic) bond motifs is 1. The second-order valence-corrected chi connectivity index (χ2v) is 6.01. The van der Waals surface area contributed by atoms with E-state index in [-0.39, 0.29) is 23.3 Å². The molecular formula is C15H19N7O2. The van der Waals surface area contributed by atoms with E-state index in [1.807, 2.05) is 31.7 Å². The minimum Gasteiger partial charge on any atom is -0.342 e. The average Bonchev–Trinajstić information content (AvgIpc) is 3.10. The van der Waals surface area contributed by atoms with E-state index >= 15 is 0 Å². The van der Waals surface area contributed by atoms with Crippen molar-refractivity contribution in [3.05, 3.63) is 46.2 Å². The standard InChI is InChI=1S/C15H19N7O2/c1-8(2)11(12-16-5-6-21(12)4)19-13(23)10-7-17-15-18-9(3)20-22(15)14(10)24/h5-8,11H,1-4H3,(H,19,23)(H,17,18,20)/t11-/m1/s1. The molecule has 3 aromatic heterocycles. The molecule has 0 aromatic carbocycles. The summed E-state index contributed by atoms with van der Waals surface area (Å²) in [7, 11) is 1.86. The molecule has 0 saturated heterocycles. The van der Waals surface area contributed by atoms with Crippen LogP contribution in [0.3, 0.4) is 0 Å². The quantitative estimate of drug-likeness (QED) is 0.728. The summed E-state index contributed by atoms with van der Waals surface area (Å²) in [6.07, 6.45) is 4.74. The molecule has 3 rings (SSSR count). The largest absolute Gasteiger partial charge is 0.342 e. The number of H-pyrrole nitrogens is 1. The molecule has 0 bridgehead atoms. The van der Waals surface area contributed by atoms with Crippen LogP contribution in [-0.4, -0.2) is 35.0 Å². The van der Waals surface area contributed by atoms with Crippen LogP contribution in [-0.2, 0) is 7.05 Å². The van der Waals surface area contributed by atoms with Crippen molar-refractivity contribution in [1.82, 2.24) is 34.4 Å². The molecular weight excluding hydrogens is 310 g/mol. The van der Waals surface area contributed by atoms with Gasteiger partial charge in [-0.15, -0.1) is 0 Å². The maximum absolute atomic E-state index is 12.6. The fraction of sp³-hybridized carbons (Fsp3) is 0.400. The Hall–Kier alpha value is -2.97. The highest BCUT2D eigenvalue weighted by atomic mass is 16.2. The zero-order chi connectivity index (χ0) is 17.4. The van der Waals surface area contributed by atoms with Crippen LogP contribution in [0.2, 0.25) is 0 Å². The number of aromatic nitrogens is 6. The minimum absolute atomic E-state index is 0.0454. The van der Waals surface area contributed by atoms with E-state index < -0.39 is 11.5 Å².